The number of ether oxygens (including phenoxy) is 4. The van der Waals surface area contributed by atoms with Gasteiger partial charge in [-0.1, -0.05) is 79.0 Å². The van der Waals surface area contributed by atoms with E-state index < -0.39 is 54.3 Å². The second-order valence-corrected chi connectivity index (χ2v) is 16.3. The summed E-state index contributed by atoms with van der Waals surface area (Å²) in [5.41, 5.74) is 8.12. The number of azide groups is 1. The number of amides is 4. The molecule has 4 aromatic rings. The van der Waals surface area contributed by atoms with Gasteiger partial charge in [0.25, 0.3) is 11.8 Å². The van der Waals surface area contributed by atoms with E-state index in [1.54, 1.807) is 66.0 Å². The Morgan fingerprint density at radius 3 is 1.67 bits per heavy atom. The SMILES string of the molecule is CCC1OC(n2cc(C#CCNC(=O)C(F)(F)F)c(NC(=O)c3ccccc3)nc2=O)CC1OCSC.CCC1OC(n2cc(C#CCNC(C)=O)c(NC(=O)c3ccccc3)nc2=O)CC1OCN=[N+]=[N-]. The Hall–Kier alpha value is -7.51. The summed E-state index contributed by atoms with van der Waals surface area (Å²) in [4.78, 5) is 83.9. The highest BCUT2D eigenvalue weighted by Crippen LogP contribution is 2.33. The van der Waals surface area contributed by atoms with Gasteiger partial charge in [-0.05, 0) is 48.9 Å². The number of hydrogen-bond donors (Lipinski definition) is 4. The second kappa shape index (κ2) is 27.2. The minimum absolute atomic E-state index is 0.00313. The number of benzene rings is 2. The third kappa shape index (κ3) is 16.0. The molecule has 72 heavy (non-hydrogen) atoms. The normalized spacial score (nSPS) is 18.9. The van der Waals surface area contributed by atoms with Crippen LogP contribution in [-0.2, 0) is 28.5 Å². The maximum absolute atomic E-state index is 12.9. The molecule has 4 amide bonds. The first-order valence-corrected chi connectivity index (χ1v) is 23.6. The van der Waals surface area contributed by atoms with Gasteiger partial charge in [-0.25, -0.2) is 9.59 Å². The van der Waals surface area contributed by atoms with E-state index in [0.29, 0.717) is 42.7 Å². The van der Waals surface area contributed by atoms with E-state index in [1.807, 2.05) is 20.1 Å². The molecule has 0 spiro atoms. The Morgan fingerprint density at radius 2 is 1.25 bits per heavy atom. The van der Waals surface area contributed by atoms with E-state index in [1.165, 1.54) is 40.2 Å². The number of alkyl halides is 3. The van der Waals surface area contributed by atoms with Gasteiger partial charge in [-0.2, -0.15) is 23.1 Å². The Kier molecular flexibility index (Phi) is 20.9. The highest BCUT2D eigenvalue weighted by atomic mass is 32.2. The van der Waals surface area contributed by atoms with Gasteiger partial charge in [0.15, 0.2) is 11.6 Å². The monoisotopic (exact) mass is 1020 g/mol. The third-order valence-corrected chi connectivity index (χ3v) is 10.9. The molecular weight excluding hydrogens is 968 g/mol. The zero-order chi connectivity index (χ0) is 52.2. The fourth-order valence-electron chi connectivity index (χ4n) is 7.06. The second-order valence-electron chi connectivity index (χ2n) is 15.4. The van der Waals surface area contributed by atoms with E-state index in [-0.39, 0.29) is 66.4 Å². The number of nitrogens with zero attached hydrogens (tertiary/aromatic N) is 7. The first-order chi connectivity index (χ1) is 34.6. The predicted octanol–water partition coefficient (Wildman–Crippen LogP) is 5.26. The van der Waals surface area contributed by atoms with Gasteiger partial charge in [-0.15, -0.1) is 11.8 Å². The standard InChI is InChI=1S/C24H25F3N4O5S.C23H25N7O5/c1-3-17-18(35-14-37-2)12-19(36-17)31-13-16(10-7-11-28-22(33)24(25,26)27)20(30-23(31)34)29-21(32)15-8-5-4-6-9-15;1-3-18-19(34-14-26-29-24)12-20(35-18)30-13-17(10-7-11-25-15(2)31)21(28-23(30)33)27-22(32)16-8-5-4-6-9-16/h4-6,8-9,13,17-19H,3,11-12,14H2,1-2H3,(H,28,33)(H,29,30,32,34);4-6,8-9,13,18-20H,3,11-12,14H2,1-2H3,(H,25,31)(H,27,28,32,33). The topological polar surface area (TPSA) is 272 Å². The predicted molar refractivity (Wildman–Crippen MR) is 257 cm³/mol. The van der Waals surface area contributed by atoms with Crippen LogP contribution in [0.25, 0.3) is 10.4 Å². The number of carbonyl (C=O) groups is 4. The summed E-state index contributed by atoms with van der Waals surface area (Å²) in [6.07, 6.45) is -1.01. The summed E-state index contributed by atoms with van der Waals surface area (Å²) in [6.45, 7) is 4.53. The van der Waals surface area contributed by atoms with Crippen LogP contribution >= 0.6 is 11.8 Å². The molecule has 0 bridgehead atoms. The average molecular weight is 1020 g/mol. The van der Waals surface area contributed by atoms with Crippen LogP contribution < -0.4 is 32.6 Å². The fraction of sp³-hybridized carbons (Fsp3) is 0.404. The molecule has 0 aliphatic carbocycles. The largest absolute Gasteiger partial charge is 0.471 e. The fourth-order valence-corrected chi connectivity index (χ4v) is 7.37. The molecule has 380 valence electrons. The van der Waals surface area contributed by atoms with Gasteiger partial charge in [-0.3, -0.25) is 28.3 Å². The third-order valence-electron chi connectivity index (χ3n) is 10.5. The molecule has 6 atom stereocenters. The van der Waals surface area contributed by atoms with Crippen LogP contribution in [0.5, 0.6) is 0 Å². The minimum atomic E-state index is -5.05. The minimum Gasteiger partial charge on any atom is -0.369 e. The van der Waals surface area contributed by atoms with Gasteiger partial charge in [0, 0.05) is 48.2 Å². The van der Waals surface area contributed by atoms with E-state index in [4.69, 9.17) is 24.5 Å². The van der Waals surface area contributed by atoms with E-state index in [2.05, 4.69) is 59.6 Å². The summed E-state index contributed by atoms with van der Waals surface area (Å²) < 4.78 is 63.2. The van der Waals surface area contributed by atoms with Crippen LogP contribution in [0.4, 0.5) is 24.8 Å². The van der Waals surface area contributed by atoms with Crippen molar-refractivity contribution in [2.75, 3.05) is 42.6 Å². The summed E-state index contributed by atoms with van der Waals surface area (Å²) in [5, 5.41) is 12.7. The molecule has 2 aliphatic rings. The maximum Gasteiger partial charge on any atom is 0.471 e. The molecule has 4 heterocycles. The van der Waals surface area contributed by atoms with Crippen molar-refractivity contribution in [3.63, 3.8) is 0 Å². The van der Waals surface area contributed by atoms with Gasteiger partial charge >= 0.3 is 23.5 Å². The van der Waals surface area contributed by atoms with Gasteiger partial charge in [0.1, 0.15) is 19.2 Å². The van der Waals surface area contributed by atoms with Crippen LogP contribution in [0.3, 0.4) is 0 Å². The molecule has 0 saturated carbocycles. The van der Waals surface area contributed by atoms with Crippen LogP contribution in [0.2, 0.25) is 0 Å². The molecular formula is C47H50F3N11O10S. The molecule has 2 saturated heterocycles. The number of carbonyl (C=O) groups excluding carboxylic acids is 4. The molecule has 2 aromatic carbocycles. The molecule has 2 aliphatic heterocycles. The summed E-state index contributed by atoms with van der Waals surface area (Å²) in [7, 11) is 0. The Labute approximate surface area is 414 Å². The molecule has 0 radical (unpaired) electrons. The number of rotatable bonds is 16. The average Bonchev–Trinajstić information content (AvgIpc) is 3.98. The number of nitrogens with one attached hydrogen (secondary N) is 4. The quantitative estimate of drug-likeness (QED) is 0.0367. The maximum atomic E-state index is 12.9. The molecule has 6 rings (SSSR count). The van der Waals surface area contributed by atoms with Crippen molar-refractivity contribution in [3.8, 4) is 23.7 Å². The van der Waals surface area contributed by atoms with Crippen molar-refractivity contribution >= 4 is 47.0 Å². The zero-order valence-corrected chi connectivity index (χ0v) is 40.1. The number of halogens is 3. The number of thioether (sulfide) groups is 1. The molecule has 21 nitrogen and oxygen atoms in total. The van der Waals surface area contributed by atoms with Crippen LogP contribution in [-0.4, -0.2) is 105 Å². The van der Waals surface area contributed by atoms with Crippen molar-refractivity contribution < 1.29 is 51.3 Å². The lowest BCUT2D eigenvalue weighted by Crippen LogP contribution is -2.36. The molecule has 4 N–H and O–H groups in total. The first-order valence-electron chi connectivity index (χ1n) is 22.2. The van der Waals surface area contributed by atoms with Gasteiger partial charge < -0.3 is 40.2 Å². The highest BCUT2D eigenvalue weighted by molar-refractivity contribution is 7.98. The Bertz CT molecular complexity index is 2840. The summed E-state index contributed by atoms with van der Waals surface area (Å²) >= 11 is 1.51. The number of hydrogen-bond acceptors (Lipinski definition) is 14. The molecule has 25 heteroatoms. The highest BCUT2D eigenvalue weighted by Gasteiger charge is 2.39. The Balaban J connectivity index is 0.000000268. The zero-order valence-electron chi connectivity index (χ0n) is 39.3. The summed E-state index contributed by atoms with van der Waals surface area (Å²) in [6, 6.07) is 16.6. The Morgan fingerprint density at radius 1 is 0.792 bits per heavy atom. The lowest BCUT2D eigenvalue weighted by atomic mass is 10.1. The number of anilines is 2. The van der Waals surface area contributed by atoms with E-state index >= 15 is 0 Å². The molecule has 2 fully saturated rings. The smallest absolute Gasteiger partial charge is 0.369 e. The van der Waals surface area contributed by atoms with Crippen LogP contribution in [0, 0.1) is 23.7 Å². The van der Waals surface area contributed by atoms with Crippen LogP contribution in [0.1, 0.15) is 90.8 Å². The lowest BCUT2D eigenvalue weighted by molar-refractivity contribution is -0.173. The summed E-state index contributed by atoms with van der Waals surface area (Å²) in [5.74, 6) is 7.50. The van der Waals surface area contributed by atoms with Crippen molar-refractivity contribution in [2.45, 2.75) is 89.5 Å². The van der Waals surface area contributed by atoms with Crippen molar-refractivity contribution in [2.24, 2.45) is 5.11 Å². The molecule has 6 unspecified atom stereocenters. The van der Waals surface area contributed by atoms with Gasteiger partial charge in [0.05, 0.1) is 54.6 Å². The van der Waals surface area contributed by atoms with Crippen molar-refractivity contribution in [3.05, 3.63) is 127 Å². The first kappa shape index (κ1) is 55.4. The van der Waals surface area contributed by atoms with E-state index in [9.17, 15) is 41.9 Å². The van der Waals surface area contributed by atoms with Gasteiger partial charge in [0.2, 0.25) is 5.91 Å². The van der Waals surface area contributed by atoms with Crippen molar-refractivity contribution in [1.82, 2.24) is 29.7 Å². The lowest BCUT2D eigenvalue weighted by Gasteiger charge is -2.17. The number of aromatic nitrogens is 4. The van der Waals surface area contributed by atoms with E-state index in [0.717, 1.165) is 0 Å². The molecule has 2 aromatic heterocycles. The van der Waals surface area contributed by atoms with Crippen LogP contribution in [0.15, 0.2) is 87.8 Å². The van der Waals surface area contributed by atoms with Crippen molar-refractivity contribution in [1.29, 1.82) is 0 Å².